The maximum Gasteiger partial charge on any atom is 0.235 e. The minimum atomic E-state index is -0.133. The summed E-state index contributed by atoms with van der Waals surface area (Å²) in [6.07, 6.45) is 3.97. The standard InChI is InChI=1S/C51H35N3S/c1-5-31-32(6-2)44-39-26-16-25-36(34-24-17-28-41-43(34)37-22-12-14-27-40(37)51(41,3)4)47(39)54(48(44)35-21-11-10-20-33(31)35)50-52-45(30-18-8-7-9-19-30)49-46(53-50)38-23-13-15-29-42(38)55-49/h5-29H,1-2H2,3-4H3. The Morgan fingerprint density at radius 2 is 1.20 bits per heavy atom. The van der Waals surface area contributed by atoms with Crippen LogP contribution in [0.25, 0.3) is 104 Å². The predicted molar refractivity (Wildman–Crippen MR) is 235 cm³/mol. The lowest BCUT2D eigenvalue weighted by atomic mass is 9.82. The van der Waals surface area contributed by atoms with E-state index in [9.17, 15) is 0 Å². The van der Waals surface area contributed by atoms with Crippen LogP contribution < -0.4 is 0 Å². The first kappa shape index (κ1) is 31.9. The van der Waals surface area contributed by atoms with Gasteiger partial charge in [0.2, 0.25) is 5.95 Å². The van der Waals surface area contributed by atoms with Crippen LogP contribution in [-0.2, 0) is 5.41 Å². The Morgan fingerprint density at radius 1 is 0.564 bits per heavy atom. The van der Waals surface area contributed by atoms with Crippen LogP contribution in [-0.4, -0.2) is 14.5 Å². The van der Waals surface area contributed by atoms with Gasteiger partial charge in [0.1, 0.15) is 0 Å². The molecule has 10 aromatic rings. The molecule has 4 heteroatoms. The molecular weight excluding hydrogens is 687 g/mol. The van der Waals surface area contributed by atoms with Crippen LogP contribution in [0.3, 0.4) is 0 Å². The molecule has 3 aromatic heterocycles. The minimum absolute atomic E-state index is 0.133. The summed E-state index contributed by atoms with van der Waals surface area (Å²) in [6.45, 7) is 13.4. The molecule has 0 radical (unpaired) electrons. The highest BCUT2D eigenvalue weighted by Crippen LogP contribution is 2.54. The Balaban J connectivity index is 1.38. The zero-order chi connectivity index (χ0) is 37.0. The van der Waals surface area contributed by atoms with Crippen LogP contribution in [0.15, 0.2) is 153 Å². The van der Waals surface area contributed by atoms with E-state index in [0.717, 1.165) is 76.1 Å². The topological polar surface area (TPSA) is 30.7 Å². The largest absolute Gasteiger partial charge is 0.277 e. The summed E-state index contributed by atoms with van der Waals surface area (Å²) in [5, 5.41) is 5.61. The number of fused-ring (bicyclic) bond motifs is 11. The normalized spacial score (nSPS) is 13.2. The van der Waals surface area contributed by atoms with Gasteiger partial charge in [0.15, 0.2) is 0 Å². The van der Waals surface area contributed by atoms with Crippen LogP contribution >= 0.6 is 11.3 Å². The quantitative estimate of drug-likeness (QED) is 0.177. The molecule has 0 spiro atoms. The van der Waals surface area contributed by atoms with Gasteiger partial charge >= 0.3 is 0 Å². The summed E-state index contributed by atoms with van der Waals surface area (Å²) < 4.78 is 4.63. The zero-order valence-electron chi connectivity index (χ0n) is 30.6. The molecule has 55 heavy (non-hydrogen) atoms. The third-order valence-corrected chi connectivity index (χ3v) is 12.9. The molecule has 1 aliphatic carbocycles. The smallest absolute Gasteiger partial charge is 0.235 e. The van der Waals surface area contributed by atoms with E-state index in [1.54, 1.807) is 11.3 Å². The van der Waals surface area contributed by atoms with E-state index in [0.29, 0.717) is 5.95 Å². The molecule has 260 valence electrons. The number of thiophene rings is 1. The number of rotatable bonds is 5. The second-order valence-corrected chi connectivity index (χ2v) is 16.0. The van der Waals surface area contributed by atoms with Crippen molar-refractivity contribution in [3.63, 3.8) is 0 Å². The number of nitrogens with zero attached hydrogens (tertiary/aromatic N) is 3. The summed E-state index contributed by atoms with van der Waals surface area (Å²) in [5.41, 5.74) is 14.7. The summed E-state index contributed by atoms with van der Waals surface area (Å²) in [6, 6.07) is 50.2. The minimum Gasteiger partial charge on any atom is -0.277 e. The lowest BCUT2D eigenvalue weighted by Crippen LogP contribution is -2.14. The van der Waals surface area contributed by atoms with Crippen molar-refractivity contribution in [2.24, 2.45) is 0 Å². The fourth-order valence-corrected chi connectivity index (χ4v) is 10.5. The molecule has 0 saturated heterocycles. The van der Waals surface area contributed by atoms with Crippen LogP contribution in [0, 0.1) is 0 Å². The Morgan fingerprint density at radius 3 is 2.02 bits per heavy atom. The first-order valence-corrected chi connectivity index (χ1v) is 19.6. The van der Waals surface area contributed by atoms with Crippen molar-refractivity contribution in [1.82, 2.24) is 14.5 Å². The summed E-state index contributed by atoms with van der Waals surface area (Å²) in [5.74, 6) is 0.641. The average Bonchev–Trinajstić information content (AvgIpc) is 3.86. The lowest BCUT2D eigenvalue weighted by molar-refractivity contribution is 0.660. The average molecular weight is 722 g/mol. The molecule has 0 fully saturated rings. The summed E-state index contributed by atoms with van der Waals surface area (Å²) in [4.78, 5) is 11.2. The van der Waals surface area contributed by atoms with Crippen LogP contribution in [0.2, 0.25) is 0 Å². The molecule has 11 rings (SSSR count). The fraction of sp³-hybridized carbons (Fsp3) is 0.0588. The van der Waals surface area contributed by atoms with Gasteiger partial charge in [-0.1, -0.05) is 173 Å². The molecule has 0 amide bonds. The SMILES string of the molecule is C=Cc1c(C=C)c2c3cccc(-c4cccc5c4-c4ccccc4C5(C)C)c3n(-c3nc(-c4ccccc4)c4sc5ccccc5c4n3)c2c2ccccc12. The molecule has 0 bridgehead atoms. The van der Waals surface area contributed by atoms with Crippen molar-refractivity contribution in [3.8, 4) is 39.5 Å². The second-order valence-electron chi connectivity index (χ2n) is 15.0. The van der Waals surface area contributed by atoms with Crippen molar-refractivity contribution in [2.75, 3.05) is 0 Å². The van der Waals surface area contributed by atoms with Crippen molar-refractivity contribution in [1.29, 1.82) is 0 Å². The Hall–Kier alpha value is -6.62. The monoisotopic (exact) mass is 721 g/mol. The molecule has 1 aliphatic rings. The molecular formula is C51H35N3S. The van der Waals surface area contributed by atoms with Gasteiger partial charge < -0.3 is 0 Å². The summed E-state index contributed by atoms with van der Waals surface area (Å²) in [7, 11) is 0. The number of aromatic nitrogens is 3. The van der Waals surface area contributed by atoms with E-state index in [1.165, 1.54) is 32.5 Å². The maximum atomic E-state index is 5.60. The molecule has 3 nitrogen and oxygen atoms in total. The van der Waals surface area contributed by atoms with Gasteiger partial charge in [-0.3, -0.25) is 4.57 Å². The van der Waals surface area contributed by atoms with E-state index in [4.69, 9.17) is 9.97 Å². The first-order chi connectivity index (χ1) is 27.0. The van der Waals surface area contributed by atoms with E-state index >= 15 is 0 Å². The maximum absolute atomic E-state index is 5.60. The van der Waals surface area contributed by atoms with Gasteiger partial charge in [0.25, 0.3) is 0 Å². The molecule has 0 N–H and O–H groups in total. The molecule has 0 aliphatic heterocycles. The number of hydrogen-bond acceptors (Lipinski definition) is 3. The molecule has 0 unspecified atom stereocenters. The first-order valence-electron chi connectivity index (χ1n) is 18.7. The fourth-order valence-electron chi connectivity index (χ4n) is 9.37. The van der Waals surface area contributed by atoms with Crippen molar-refractivity contribution in [2.45, 2.75) is 19.3 Å². The molecule has 0 saturated carbocycles. The highest BCUT2D eigenvalue weighted by atomic mass is 32.1. The van der Waals surface area contributed by atoms with E-state index in [1.807, 2.05) is 12.2 Å². The Kier molecular flexibility index (Phi) is 6.77. The van der Waals surface area contributed by atoms with E-state index in [2.05, 4.69) is 171 Å². The van der Waals surface area contributed by atoms with Crippen LogP contribution in [0.1, 0.15) is 36.1 Å². The highest BCUT2D eigenvalue weighted by Gasteiger charge is 2.37. The molecule has 0 atom stereocenters. The predicted octanol–water partition coefficient (Wildman–Crippen LogP) is 14.0. The van der Waals surface area contributed by atoms with Gasteiger partial charge in [-0.25, -0.2) is 9.97 Å². The molecule has 3 heterocycles. The van der Waals surface area contributed by atoms with Gasteiger partial charge in [-0.2, -0.15) is 0 Å². The third kappa shape index (κ3) is 4.31. The van der Waals surface area contributed by atoms with Gasteiger partial charge in [0.05, 0.1) is 26.9 Å². The lowest BCUT2D eigenvalue weighted by Gasteiger charge is -2.21. The Labute approximate surface area is 323 Å². The van der Waals surface area contributed by atoms with Gasteiger partial charge in [-0.15, -0.1) is 11.3 Å². The van der Waals surface area contributed by atoms with Crippen LogP contribution in [0.4, 0.5) is 0 Å². The van der Waals surface area contributed by atoms with Crippen LogP contribution in [0.5, 0.6) is 0 Å². The number of para-hydroxylation sites is 1. The number of hydrogen-bond donors (Lipinski definition) is 0. The number of benzene rings is 7. The van der Waals surface area contributed by atoms with Crippen molar-refractivity contribution >= 4 is 76.4 Å². The third-order valence-electron chi connectivity index (χ3n) is 11.8. The van der Waals surface area contributed by atoms with E-state index < -0.39 is 0 Å². The van der Waals surface area contributed by atoms with Crippen molar-refractivity contribution in [3.05, 3.63) is 175 Å². The zero-order valence-corrected chi connectivity index (χ0v) is 31.4. The second kappa shape index (κ2) is 11.7. The van der Waals surface area contributed by atoms with Gasteiger partial charge in [0, 0.05) is 42.8 Å². The summed E-state index contributed by atoms with van der Waals surface area (Å²) >= 11 is 1.76. The van der Waals surface area contributed by atoms with Crippen molar-refractivity contribution < 1.29 is 0 Å². The Bertz CT molecular complexity index is 3270. The molecule has 7 aromatic carbocycles. The van der Waals surface area contributed by atoms with E-state index in [-0.39, 0.29) is 5.41 Å². The highest BCUT2D eigenvalue weighted by molar-refractivity contribution is 7.26. The van der Waals surface area contributed by atoms with Gasteiger partial charge in [-0.05, 0) is 50.4 Å².